The van der Waals surface area contributed by atoms with E-state index in [0.717, 1.165) is 31.8 Å². The second kappa shape index (κ2) is 7.04. The highest BCUT2D eigenvalue weighted by Gasteiger charge is 2.20. The van der Waals surface area contributed by atoms with Crippen molar-refractivity contribution in [2.75, 3.05) is 0 Å². The first-order valence-corrected chi connectivity index (χ1v) is 5.20. The Labute approximate surface area is 89.6 Å². The van der Waals surface area contributed by atoms with Crippen LogP contribution < -0.4 is 0 Å². The van der Waals surface area contributed by atoms with Crippen LogP contribution >= 0.6 is 0 Å². The number of carboxylic acid groups (broad SMARTS) is 2. The lowest BCUT2D eigenvalue weighted by atomic mass is 9.90. The molecule has 4 nitrogen and oxygen atoms in total. The molecule has 0 radical (unpaired) electrons. The van der Waals surface area contributed by atoms with Gasteiger partial charge in [-0.15, -0.1) is 0 Å². The van der Waals surface area contributed by atoms with Crippen molar-refractivity contribution >= 4 is 11.9 Å². The third-order valence-electron chi connectivity index (χ3n) is 2.24. The molecule has 4 heteroatoms. The zero-order valence-electron chi connectivity index (χ0n) is 9.19. The van der Waals surface area contributed by atoms with E-state index in [-0.39, 0.29) is 11.5 Å². The molecule has 0 rings (SSSR count). The Balaban J connectivity index is 4.82. The fourth-order valence-corrected chi connectivity index (χ4v) is 1.64. The number of carbonyl (C=O) groups is 2. The van der Waals surface area contributed by atoms with Crippen molar-refractivity contribution in [2.45, 2.75) is 39.5 Å². The van der Waals surface area contributed by atoms with Gasteiger partial charge in [-0.2, -0.15) is 0 Å². The molecule has 0 aromatic heterocycles. The Kier molecular flexibility index (Phi) is 6.42. The molecule has 0 aromatic carbocycles. The Hall–Kier alpha value is -1.32. The normalized spacial score (nSPS) is 11.8. The Morgan fingerprint density at radius 3 is 1.87 bits per heavy atom. The number of aliphatic carboxylic acids is 2. The van der Waals surface area contributed by atoms with Crippen molar-refractivity contribution in [1.29, 1.82) is 0 Å². The van der Waals surface area contributed by atoms with Crippen LogP contribution in [-0.2, 0) is 9.59 Å². The van der Waals surface area contributed by atoms with E-state index in [1.54, 1.807) is 0 Å². The van der Waals surface area contributed by atoms with Crippen molar-refractivity contribution in [3.05, 3.63) is 11.6 Å². The van der Waals surface area contributed by atoms with E-state index in [9.17, 15) is 9.59 Å². The van der Waals surface area contributed by atoms with Gasteiger partial charge in [-0.3, -0.25) is 0 Å². The maximum Gasteiger partial charge on any atom is 0.332 e. The third-order valence-corrected chi connectivity index (χ3v) is 2.24. The topological polar surface area (TPSA) is 74.6 Å². The largest absolute Gasteiger partial charge is 0.478 e. The van der Waals surface area contributed by atoms with Crippen molar-refractivity contribution in [2.24, 2.45) is 5.92 Å². The van der Waals surface area contributed by atoms with Gasteiger partial charge >= 0.3 is 11.9 Å². The molecule has 0 heterocycles. The van der Waals surface area contributed by atoms with Gasteiger partial charge in [-0.05, 0) is 18.8 Å². The van der Waals surface area contributed by atoms with Crippen molar-refractivity contribution < 1.29 is 19.8 Å². The van der Waals surface area contributed by atoms with Gasteiger partial charge in [0.05, 0.1) is 0 Å². The molecule has 0 aliphatic heterocycles. The zero-order chi connectivity index (χ0) is 11.8. The third kappa shape index (κ3) is 5.20. The smallest absolute Gasteiger partial charge is 0.332 e. The standard InChI is InChI=1S/C11H18O4/c1-3-5-8(6-4-2)9(11(14)15)7-10(12)13/h7-8H,3-6H2,1-2H3,(H,12,13)(H,14,15)/b9-7-. The zero-order valence-corrected chi connectivity index (χ0v) is 9.19. The summed E-state index contributed by atoms with van der Waals surface area (Å²) in [4.78, 5) is 21.4. The van der Waals surface area contributed by atoms with Crippen LogP contribution in [0.3, 0.4) is 0 Å². The lowest BCUT2D eigenvalue weighted by Gasteiger charge is -2.15. The minimum Gasteiger partial charge on any atom is -0.478 e. The molecule has 0 fully saturated rings. The molecule has 0 unspecified atom stereocenters. The van der Waals surface area contributed by atoms with Gasteiger partial charge in [-0.1, -0.05) is 26.7 Å². The van der Waals surface area contributed by atoms with E-state index in [2.05, 4.69) is 0 Å². The minimum atomic E-state index is -1.19. The van der Waals surface area contributed by atoms with Crippen LogP contribution in [0.4, 0.5) is 0 Å². The highest BCUT2D eigenvalue weighted by atomic mass is 16.4. The molecule has 0 amide bonds. The van der Waals surface area contributed by atoms with Gasteiger partial charge in [0, 0.05) is 11.6 Å². The first-order chi connectivity index (χ1) is 7.02. The number of rotatable bonds is 7. The molecule has 0 aliphatic carbocycles. The maximum absolute atomic E-state index is 10.9. The molecule has 0 bridgehead atoms. The van der Waals surface area contributed by atoms with Gasteiger partial charge in [0.25, 0.3) is 0 Å². The highest BCUT2D eigenvalue weighted by molar-refractivity contribution is 5.95. The highest BCUT2D eigenvalue weighted by Crippen LogP contribution is 2.22. The first-order valence-electron chi connectivity index (χ1n) is 5.20. The summed E-state index contributed by atoms with van der Waals surface area (Å²) in [5.74, 6) is -2.46. The van der Waals surface area contributed by atoms with Crippen LogP contribution in [0.5, 0.6) is 0 Å². The molecule has 0 spiro atoms. The fraction of sp³-hybridized carbons (Fsp3) is 0.636. The monoisotopic (exact) mass is 214 g/mol. The summed E-state index contributed by atoms with van der Waals surface area (Å²) in [7, 11) is 0. The lowest BCUT2D eigenvalue weighted by molar-refractivity contribution is -0.135. The molecule has 0 aromatic rings. The Morgan fingerprint density at radius 1 is 1.13 bits per heavy atom. The first kappa shape index (κ1) is 13.7. The molecule has 0 aliphatic rings. The molecular weight excluding hydrogens is 196 g/mol. The Bertz CT molecular complexity index is 249. The molecule has 0 saturated heterocycles. The van der Waals surface area contributed by atoms with Crippen LogP contribution in [0.1, 0.15) is 39.5 Å². The van der Waals surface area contributed by atoms with Crippen molar-refractivity contribution in [3.63, 3.8) is 0 Å². The van der Waals surface area contributed by atoms with E-state index < -0.39 is 11.9 Å². The molecule has 0 saturated carbocycles. The minimum absolute atomic E-state index is 0.0196. The van der Waals surface area contributed by atoms with E-state index in [1.165, 1.54) is 0 Å². The van der Waals surface area contributed by atoms with E-state index in [0.29, 0.717) is 0 Å². The van der Waals surface area contributed by atoms with Gasteiger partial charge < -0.3 is 10.2 Å². The second-order valence-electron chi connectivity index (χ2n) is 3.52. The quantitative estimate of drug-likeness (QED) is 0.637. The lowest BCUT2D eigenvalue weighted by Crippen LogP contribution is -2.14. The average Bonchev–Trinajstić information content (AvgIpc) is 2.13. The molecule has 0 atom stereocenters. The number of hydrogen-bond acceptors (Lipinski definition) is 2. The molecule has 15 heavy (non-hydrogen) atoms. The second-order valence-corrected chi connectivity index (χ2v) is 3.52. The van der Waals surface area contributed by atoms with Crippen LogP contribution in [0.2, 0.25) is 0 Å². The SMILES string of the molecule is CCCC(CCC)/C(=C/C(=O)O)C(=O)O. The summed E-state index contributed by atoms with van der Waals surface area (Å²) in [6, 6.07) is 0. The van der Waals surface area contributed by atoms with Crippen molar-refractivity contribution in [1.82, 2.24) is 0 Å². The molecular formula is C11H18O4. The maximum atomic E-state index is 10.9. The predicted octanol–water partition coefficient (Wildman–Crippen LogP) is 2.30. The number of hydrogen-bond donors (Lipinski definition) is 2. The number of carboxylic acids is 2. The van der Waals surface area contributed by atoms with Crippen LogP contribution in [0.15, 0.2) is 11.6 Å². The van der Waals surface area contributed by atoms with E-state index >= 15 is 0 Å². The molecule has 2 N–H and O–H groups in total. The Morgan fingerprint density at radius 2 is 1.60 bits per heavy atom. The summed E-state index contributed by atoms with van der Waals surface area (Å²) in [5.41, 5.74) is 0.0196. The van der Waals surface area contributed by atoms with Gasteiger partial charge in [0.15, 0.2) is 0 Å². The molecule has 86 valence electrons. The van der Waals surface area contributed by atoms with Crippen molar-refractivity contribution in [3.8, 4) is 0 Å². The summed E-state index contributed by atoms with van der Waals surface area (Å²) >= 11 is 0. The predicted molar refractivity (Wildman–Crippen MR) is 56.7 cm³/mol. The summed E-state index contributed by atoms with van der Waals surface area (Å²) in [6.07, 6.45) is 3.97. The van der Waals surface area contributed by atoms with Gasteiger partial charge in [-0.25, -0.2) is 9.59 Å². The fourth-order valence-electron chi connectivity index (χ4n) is 1.64. The van der Waals surface area contributed by atoms with Crippen LogP contribution in [0.25, 0.3) is 0 Å². The summed E-state index contributed by atoms with van der Waals surface area (Å²) in [5, 5.41) is 17.5. The summed E-state index contributed by atoms with van der Waals surface area (Å²) in [6.45, 7) is 3.92. The van der Waals surface area contributed by atoms with Gasteiger partial charge in [0.1, 0.15) is 0 Å². The average molecular weight is 214 g/mol. The summed E-state index contributed by atoms with van der Waals surface area (Å²) < 4.78 is 0. The van der Waals surface area contributed by atoms with Crippen LogP contribution in [-0.4, -0.2) is 22.2 Å². The van der Waals surface area contributed by atoms with Gasteiger partial charge in [0.2, 0.25) is 0 Å². The van der Waals surface area contributed by atoms with E-state index in [1.807, 2.05) is 13.8 Å². The van der Waals surface area contributed by atoms with E-state index in [4.69, 9.17) is 10.2 Å². The van der Waals surface area contributed by atoms with Crippen LogP contribution in [0, 0.1) is 5.92 Å².